The summed E-state index contributed by atoms with van der Waals surface area (Å²) >= 11 is 1.67. The maximum atomic E-state index is 5.47. The first-order valence-corrected chi connectivity index (χ1v) is 7.22. The van der Waals surface area contributed by atoms with Gasteiger partial charge >= 0.3 is 0 Å². The highest BCUT2D eigenvalue weighted by Crippen LogP contribution is 2.15. The maximum absolute atomic E-state index is 5.47. The van der Waals surface area contributed by atoms with Crippen LogP contribution in [0.4, 0.5) is 0 Å². The van der Waals surface area contributed by atoms with Crippen molar-refractivity contribution in [3.63, 3.8) is 0 Å². The molecular formula is C11H22N4S. The summed E-state index contributed by atoms with van der Waals surface area (Å²) in [6.45, 7) is 4.00. The largest absolute Gasteiger partial charge is 0.330 e. The molecule has 0 bridgehead atoms. The molecule has 0 aliphatic heterocycles. The number of hydrogen-bond donors (Lipinski definition) is 1. The number of thioether (sulfide) groups is 1. The third kappa shape index (κ3) is 3.79. The standard InChI is InChI=1S/C11H22N4S/c1-3-9-15-10(7-5-4-6-8-12)13-14-11(15)16-2/h3-9,12H2,1-2H3. The molecule has 0 spiro atoms. The zero-order valence-electron chi connectivity index (χ0n) is 10.3. The number of nitrogens with zero attached hydrogens (tertiary/aromatic N) is 3. The Bertz CT molecular complexity index is 298. The molecule has 5 heteroatoms. The summed E-state index contributed by atoms with van der Waals surface area (Å²) in [4.78, 5) is 0. The molecule has 0 radical (unpaired) electrons. The molecule has 0 saturated carbocycles. The van der Waals surface area contributed by atoms with Crippen LogP contribution < -0.4 is 5.73 Å². The number of hydrogen-bond acceptors (Lipinski definition) is 4. The topological polar surface area (TPSA) is 56.7 Å². The van der Waals surface area contributed by atoms with Crippen LogP contribution in [0.5, 0.6) is 0 Å². The predicted octanol–water partition coefficient (Wildman–Crippen LogP) is 2.08. The van der Waals surface area contributed by atoms with Crippen LogP contribution in [0.2, 0.25) is 0 Å². The van der Waals surface area contributed by atoms with Crippen LogP contribution in [-0.4, -0.2) is 27.6 Å². The summed E-state index contributed by atoms with van der Waals surface area (Å²) in [6.07, 6.45) is 7.65. The zero-order chi connectivity index (χ0) is 11.8. The molecule has 0 fully saturated rings. The van der Waals surface area contributed by atoms with Gasteiger partial charge in [0.05, 0.1) is 0 Å². The first-order chi connectivity index (χ1) is 7.83. The second-order valence-electron chi connectivity index (χ2n) is 3.85. The summed E-state index contributed by atoms with van der Waals surface area (Å²) in [5.74, 6) is 1.13. The molecule has 16 heavy (non-hydrogen) atoms. The van der Waals surface area contributed by atoms with Crippen molar-refractivity contribution in [2.45, 2.75) is 50.7 Å². The van der Waals surface area contributed by atoms with Gasteiger partial charge in [-0.3, -0.25) is 0 Å². The first kappa shape index (κ1) is 13.5. The van der Waals surface area contributed by atoms with Crippen molar-refractivity contribution in [1.82, 2.24) is 14.8 Å². The molecule has 0 saturated heterocycles. The van der Waals surface area contributed by atoms with Crippen molar-refractivity contribution in [3.8, 4) is 0 Å². The minimum absolute atomic E-state index is 0.789. The third-order valence-electron chi connectivity index (χ3n) is 2.53. The van der Waals surface area contributed by atoms with Crippen molar-refractivity contribution >= 4 is 11.8 Å². The van der Waals surface area contributed by atoms with E-state index in [-0.39, 0.29) is 0 Å². The molecule has 0 unspecified atom stereocenters. The molecule has 4 nitrogen and oxygen atoms in total. The van der Waals surface area contributed by atoms with E-state index in [1.165, 1.54) is 6.42 Å². The van der Waals surface area contributed by atoms with Crippen LogP contribution in [-0.2, 0) is 13.0 Å². The Labute approximate surface area is 102 Å². The SMILES string of the molecule is CCCn1c(CCCCCN)nnc1SC. The van der Waals surface area contributed by atoms with Crippen molar-refractivity contribution in [2.75, 3.05) is 12.8 Å². The lowest BCUT2D eigenvalue weighted by Crippen LogP contribution is -2.05. The van der Waals surface area contributed by atoms with Crippen LogP contribution in [0.3, 0.4) is 0 Å². The minimum atomic E-state index is 0.789. The molecule has 1 heterocycles. The van der Waals surface area contributed by atoms with Crippen molar-refractivity contribution < 1.29 is 0 Å². The number of nitrogens with two attached hydrogens (primary N) is 1. The second-order valence-corrected chi connectivity index (χ2v) is 4.63. The van der Waals surface area contributed by atoms with Crippen LogP contribution >= 0.6 is 11.8 Å². The van der Waals surface area contributed by atoms with Gasteiger partial charge in [-0.25, -0.2) is 0 Å². The highest BCUT2D eigenvalue weighted by atomic mass is 32.2. The summed E-state index contributed by atoms with van der Waals surface area (Å²) in [7, 11) is 0. The summed E-state index contributed by atoms with van der Waals surface area (Å²) in [5.41, 5.74) is 5.47. The second kappa shape index (κ2) is 7.68. The Balaban J connectivity index is 2.53. The molecule has 1 aromatic rings. The van der Waals surface area contributed by atoms with E-state index in [2.05, 4.69) is 21.7 Å². The third-order valence-corrected chi connectivity index (χ3v) is 3.19. The fourth-order valence-corrected chi connectivity index (χ4v) is 2.25. The molecule has 0 aromatic carbocycles. The molecule has 1 aromatic heterocycles. The van der Waals surface area contributed by atoms with Gasteiger partial charge in [0.25, 0.3) is 0 Å². The Hall–Kier alpha value is -0.550. The van der Waals surface area contributed by atoms with E-state index in [4.69, 9.17) is 5.73 Å². The molecule has 0 atom stereocenters. The predicted molar refractivity (Wildman–Crippen MR) is 68.7 cm³/mol. The molecule has 0 aliphatic carbocycles. The van der Waals surface area contributed by atoms with Crippen LogP contribution in [0.25, 0.3) is 0 Å². The van der Waals surface area contributed by atoms with Gasteiger partial charge in [-0.1, -0.05) is 25.1 Å². The molecule has 92 valence electrons. The lowest BCUT2D eigenvalue weighted by atomic mass is 10.2. The van der Waals surface area contributed by atoms with Gasteiger partial charge in [0.15, 0.2) is 5.16 Å². The van der Waals surface area contributed by atoms with E-state index in [0.29, 0.717) is 0 Å². The number of aromatic nitrogens is 3. The van der Waals surface area contributed by atoms with Gasteiger partial charge in [0.2, 0.25) is 0 Å². The Morgan fingerprint density at radius 2 is 2.06 bits per heavy atom. The van der Waals surface area contributed by atoms with Gasteiger partial charge in [-0.2, -0.15) is 0 Å². The van der Waals surface area contributed by atoms with Gasteiger partial charge < -0.3 is 10.3 Å². The Morgan fingerprint density at radius 3 is 2.69 bits per heavy atom. The van der Waals surface area contributed by atoms with E-state index < -0.39 is 0 Å². The molecular weight excluding hydrogens is 220 g/mol. The van der Waals surface area contributed by atoms with E-state index in [9.17, 15) is 0 Å². The smallest absolute Gasteiger partial charge is 0.190 e. The average molecular weight is 242 g/mol. The van der Waals surface area contributed by atoms with E-state index in [1.807, 2.05) is 6.26 Å². The maximum Gasteiger partial charge on any atom is 0.190 e. The highest BCUT2D eigenvalue weighted by molar-refractivity contribution is 7.98. The normalized spacial score (nSPS) is 10.9. The summed E-state index contributed by atoms with van der Waals surface area (Å²) in [6, 6.07) is 0. The van der Waals surface area contributed by atoms with E-state index in [1.54, 1.807) is 11.8 Å². The van der Waals surface area contributed by atoms with Crippen LogP contribution in [0, 0.1) is 0 Å². The fourth-order valence-electron chi connectivity index (χ4n) is 1.71. The lowest BCUT2D eigenvalue weighted by Gasteiger charge is -2.07. The monoisotopic (exact) mass is 242 g/mol. The summed E-state index contributed by atoms with van der Waals surface area (Å²) < 4.78 is 2.24. The molecule has 0 amide bonds. The van der Waals surface area contributed by atoms with Gasteiger partial charge in [-0.15, -0.1) is 10.2 Å². The average Bonchev–Trinajstić information content (AvgIpc) is 2.68. The molecule has 1 rings (SSSR count). The highest BCUT2D eigenvalue weighted by Gasteiger charge is 2.09. The quantitative estimate of drug-likeness (QED) is 0.560. The molecule has 2 N–H and O–H groups in total. The Kier molecular flexibility index (Phi) is 6.49. The van der Waals surface area contributed by atoms with E-state index in [0.717, 1.165) is 49.8 Å². The fraction of sp³-hybridized carbons (Fsp3) is 0.818. The van der Waals surface area contributed by atoms with Crippen molar-refractivity contribution in [3.05, 3.63) is 5.82 Å². The van der Waals surface area contributed by atoms with Gasteiger partial charge in [-0.05, 0) is 32.1 Å². The first-order valence-electron chi connectivity index (χ1n) is 5.99. The lowest BCUT2D eigenvalue weighted by molar-refractivity contribution is 0.573. The van der Waals surface area contributed by atoms with Gasteiger partial charge in [0, 0.05) is 13.0 Å². The van der Waals surface area contributed by atoms with Crippen LogP contribution in [0.1, 0.15) is 38.4 Å². The van der Waals surface area contributed by atoms with Crippen LogP contribution in [0.15, 0.2) is 5.16 Å². The van der Waals surface area contributed by atoms with Crippen molar-refractivity contribution in [2.24, 2.45) is 5.73 Å². The van der Waals surface area contributed by atoms with E-state index >= 15 is 0 Å². The minimum Gasteiger partial charge on any atom is -0.330 e. The van der Waals surface area contributed by atoms with Crippen molar-refractivity contribution in [1.29, 1.82) is 0 Å². The number of unbranched alkanes of at least 4 members (excludes halogenated alkanes) is 2. The van der Waals surface area contributed by atoms with Gasteiger partial charge in [0.1, 0.15) is 5.82 Å². The zero-order valence-corrected chi connectivity index (χ0v) is 11.1. The summed E-state index contributed by atoms with van der Waals surface area (Å²) in [5, 5.41) is 9.51. The molecule has 0 aliphatic rings. The number of aryl methyl sites for hydroxylation is 1. The number of rotatable bonds is 8. The Morgan fingerprint density at radius 1 is 1.25 bits per heavy atom.